The Kier molecular flexibility index (Phi) is 4.09. The lowest BCUT2D eigenvalue weighted by atomic mass is 10.1. The zero-order valence-corrected chi connectivity index (χ0v) is 10.6. The fourth-order valence-corrected chi connectivity index (χ4v) is 2.23. The van der Waals surface area contributed by atoms with E-state index in [4.69, 9.17) is 5.73 Å². The van der Waals surface area contributed by atoms with Crippen molar-refractivity contribution in [3.63, 3.8) is 0 Å². The van der Waals surface area contributed by atoms with Crippen LogP contribution >= 0.6 is 0 Å². The van der Waals surface area contributed by atoms with E-state index in [1.807, 2.05) is 0 Å². The van der Waals surface area contributed by atoms with Crippen molar-refractivity contribution >= 4 is 11.7 Å². The minimum atomic E-state index is -0.542. The largest absolute Gasteiger partial charge is 0.364 e. The van der Waals surface area contributed by atoms with Gasteiger partial charge in [-0.05, 0) is 31.5 Å². The van der Waals surface area contributed by atoms with Crippen molar-refractivity contribution in [1.82, 2.24) is 15.5 Å². The summed E-state index contributed by atoms with van der Waals surface area (Å²) in [6, 6.07) is 4.03. The van der Waals surface area contributed by atoms with Crippen LogP contribution in [0.4, 0.5) is 5.82 Å². The van der Waals surface area contributed by atoms with Crippen LogP contribution in [0.5, 0.6) is 0 Å². The number of carbonyl (C=O) groups is 1. The Balaban J connectivity index is 1.95. The Labute approximate surface area is 107 Å². The molecule has 0 aliphatic carbocycles. The van der Waals surface area contributed by atoms with Gasteiger partial charge < -0.3 is 16.0 Å². The van der Waals surface area contributed by atoms with Crippen molar-refractivity contribution < 1.29 is 4.79 Å². The number of rotatable bonds is 4. The fourth-order valence-electron chi connectivity index (χ4n) is 2.23. The van der Waals surface area contributed by atoms with Gasteiger partial charge in [0, 0.05) is 19.1 Å². The molecule has 0 radical (unpaired) electrons. The van der Waals surface area contributed by atoms with E-state index in [1.54, 1.807) is 12.1 Å². The van der Waals surface area contributed by atoms with Crippen molar-refractivity contribution in [2.45, 2.75) is 25.8 Å². The predicted octanol–water partition coefficient (Wildman–Crippen LogP) is 0.154. The van der Waals surface area contributed by atoms with Crippen molar-refractivity contribution in [3.8, 4) is 0 Å². The number of hydrogen-bond donors (Lipinski definition) is 2. The Hall–Kier alpha value is -1.69. The maximum absolute atomic E-state index is 10.9. The fraction of sp³-hybridized carbons (Fsp3) is 0.583. The van der Waals surface area contributed by atoms with E-state index in [0.717, 1.165) is 38.3 Å². The van der Waals surface area contributed by atoms with E-state index < -0.39 is 5.91 Å². The van der Waals surface area contributed by atoms with Crippen molar-refractivity contribution in [1.29, 1.82) is 0 Å². The second-order valence-corrected chi connectivity index (χ2v) is 4.46. The summed E-state index contributed by atoms with van der Waals surface area (Å²) in [5.74, 6) is 0.273. The lowest BCUT2D eigenvalue weighted by Gasteiger charge is -2.32. The van der Waals surface area contributed by atoms with Crippen LogP contribution in [0.3, 0.4) is 0 Å². The van der Waals surface area contributed by atoms with Crippen LogP contribution in [0, 0.1) is 0 Å². The van der Waals surface area contributed by atoms with E-state index >= 15 is 0 Å². The monoisotopic (exact) mass is 249 g/mol. The summed E-state index contributed by atoms with van der Waals surface area (Å²) in [4.78, 5) is 13.1. The molecule has 98 valence electrons. The van der Waals surface area contributed by atoms with Crippen molar-refractivity contribution in [3.05, 3.63) is 17.8 Å². The number of carbonyl (C=O) groups excluding carboxylic acids is 1. The molecule has 0 unspecified atom stereocenters. The maximum atomic E-state index is 10.9. The quantitative estimate of drug-likeness (QED) is 0.793. The molecule has 1 fully saturated rings. The van der Waals surface area contributed by atoms with E-state index in [1.165, 1.54) is 0 Å². The van der Waals surface area contributed by atoms with Crippen molar-refractivity contribution in [2.24, 2.45) is 5.73 Å². The summed E-state index contributed by atoms with van der Waals surface area (Å²) in [7, 11) is 0. The highest BCUT2D eigenvalue weighted by Gasteiger charge is 2.19. The Morgan fingerprint density at radius 2 is 2.17 bits per heavy atom. The van der Waals surface area contributed by atoms with Gasteiger partial charge in [-0.2, -0.15) is 0 Å². The number of amides is 1. The molecule has 3 N–H and O–H groups in total. The molecule has 0 atom stereocenters. The first-order valence-electron chi connectivity index (χ1n) is 6.32. The first-order chi connectivity index (χ1) is 8.70. The zero-order valence-electron chi connectivity index (χ0n) is 10.6. The molecule has 1 aliphatic rings. The van der Waals surface area contributed by atoms with Crippen LogP contribution in [-0.2, 0) is 0 Å². The molecule has 1 saturated heterocycles. The summed E-state index contributed by atoms with van der Waals surface area (Å²) in [6.07, 6.45) is 2.21. The van der Waals surface area contributed by atoms with E-state index in [0.29, 0.717) is 6.04 Å². The molecule has 0 aromatic carbocycles. The smallest absolute Gasteiger partial charge is 0.269 e. The lowest BCUT2D eigenvalue weighted by Crippen LogP contribution is -2.42. The summed E-state index contributed by atoms with van der Waals surface area (Å²) >= 11 is 0. The second kappa shape index (κ2) is 5.77. The molecule has 6 heteroatoms. The standard InChI is InChI=1S/C12H19N5O/c1-2-14-9-5-7-17(8-6-9)11-4-3-10(12(13)18)15-16-11/h3-4,9,14H,2,5-8H2,1H3,(H2,13,18). The highest BCUT2D eigenvalue weighted by Crippen LogP contribution is 2.17. The molecule has 1 aromatic heterocycles. The van der Waals surface area contributed by atoms with Gasteiger partial charge in [0.25, 0.3) is 5.91 Å². The predicted molar refractivity (Wildman–Crippen MR) is 69.5 cm³/mol. The first-order valence-corrected chi connectivity index (χ1v) is 6.32. The highest BCUT2D eigenvalue weighted by molar-refractivity contribution is 5.90. The maximum Gasteiger partial charge on any atom is 0.269 e. The van der Waals surface area contributed by atoms with Gasteiger partial charge in [-0.15, -0.1) is 10.2 Å². The molecule has 6 nitrogen and oxygen atoms in total. The molecule has 0 bridgehead atoms. The van der Waals surface area contributed by atoms with Gasteiger partial charge >= 0.3 is 0 Å². The summed E-state index contributed by atoms with van der Waals surface area (Å²) in [6.45, 7) is 5.06. The average molecular weight is 249 g/mol. The molecule has 0 saturated carbocycles. The SMILES string of the molecule is CCNC1CCN(c2ccc(C(N)=O)nn2)CC1. The molecular weight excluding hydrogens is 230 g/mol. The van der Waals surface area contributed by atoms with Gasteiger partial charge in [-0.1, -0.05) is 6.92 Å². The summed E-state index contributed by atoms with van der Waals surface area (Å²) in [5, 5.41) is 11.3. The Morgan fingerprint density at radius 1 is 1.44 bits per heavy atom. The minimum absolute atomic E-state index is 0.210. The minimum Gasteiger partial charge on any atom is -0.364 e. The second-order valence-electron chi connectivity index (χ2n) is 4.46. The van der Waals surface area contributed by atoms with Crippen LogP contribution in [0.25, 0.3) is 0 Å². The number of anilines is 1. The number of nitrogens with one attached hydrogen (secondary N) is 1. The molecule has 0 spiro atoms. The molecule has 1 aromatic rings. The topological polar surface area (TPSA) is 84.1 Å². The third-order valence-electron chi connectivity index (χ3n) is 3.21. The molecule has 2 rings (SSSR count). The molecule has 2 heterocycles. The number of nitrogens with zero attached hydrogens (tertiary/aromatic N) is 3. The van der Waals surface area contributed by atoms with Crippen LogP contribution in [0.1, 0.15) is 30.3 Å². The van der Waals surface area contributed by atoms with E-state index in [-0.39, 0.29) is 5.69 Å². The first kappa shape index (κ1) is 12.8. The third kappa shape index (κ3) is 2.95. The van der Waals surface area contributed by atoms with Crippen LogP contribution in [-0.4, -0.2) is 41.8 Å². The number of nitrogens with two attached hydrogens (primary N) is 1. The summed E-state index contributed by atoms with van der Waals surface area (Å²) < 4.78 is 0. The molecular formula is C12H19N5O. The summed E-state index contributed by atoms with van der Waals surface area (Å²) in [5.41, 5.74) is 5.34. The molecule has 1 aliphatic heterocycles. The van der Waals surface area contributed by atoms with Crippen LogP contribution in [0.2, 0.25) is 0 Å². The van der Waals surface area contributed by atoms with E-state index in [9.17, 15) is 4.79 Å². The average Bonchev–Trinajstić information content (AvgIpc) is 2.40. The number of piperidine rings is 1. The number of primary amides is 1. The highest BCUT2D eigenvalue weighted by atomic mass is 16.1. The van der Waals surface area contributed by atoms with E-state index in [2.05, 4.69) is 27.3 Å². The third-order valence-corrected chi connectivity index (χ3v) is 3.21. The number of hydrogen-bond acceptors (Lipinski definition) is 5. The van der Waals surface area contributed by atoms with Gasteiger partial charge in [0.15, 0.2) is 11.5 Å². The number of aromatic nitrogens is 2. The van der Waals surface area contributed by atoms with Gasteiger partial charge in [-0.25, -0.2) is 0 Å². The Morgan fingerprint density at radius 3 is 2.67 bits per heavy atom. The van der Waals surface area contributed by atoms with Gasteiger partial charge in [0.05, 0.1) is 0 Å². The van der Waals surface area contributed by atoms with Gasteiger partial charge in [0.2, 0.25) is 0 Å². The van der Waals surface area contributed by atoms with Gasteiger partial charge in [0.1, 0.15) is 0 Å². The Bertz CT molecular complexity index is 397. The van der Waals surface area contributed by atoms with Gasteiger partial charge in [-0.3, -0.25) is 4.79 Å². The van der Waals surface area contributed by atoms with Crippen molar-refractivity contribution in [2.75, 3.05) is 24.5 Å². The normalized spacial score (nSPS) is 16.8. The molecule has 18 heavy (non-hydrogen) atoms. The molecule has 1 amide bonds. The van der Waals surface area contributed by atoms with Crippen LogP contribution < -0.4 is 16.0 Å². The zero-order chi connectivity index (χ0) is 13.0. The van der Waals surface area contributed by atoms with Crippen LogP contribution in [0.15, 0.2) is 12.1 Å². The lowest BCUT2D eigenvalue weighted by molar-refractivity contribution is 0.0994.